The van der Waals surface area contributed by atoms with E-state index in [1.165, 1.54) is 17.1 Å². The number of hydrogen-bond acceptors (Lipinski definition) is 3. The smallest absolute Gasteiger partial charge is 0.176 e. The quantitative estimate of drug-likeness (QED) is 0.763. The molecule has 0 saturated carbocycles. The van der Waals surface area contributed by atoms with Gasteiger partial charge in [-0.3, -0.25) is 4.68 Å². The van der Waals surface area contributed by atoms with Gasteiger partial charge in [-0.15, -0.1) is 0 Å². The van der Waals surface area contributed by atoms with Gasteiger partial charge in [0.25, 0.3) is 0 Å². The molecule has 0 N–H and O–H groups in total. The standard InChI is InChI=1S/C14H21N3O/c1-10(2)13-7-11-5-6-16-12(8-17(11)15-13)9-18-14(16,3)4/h7,9-10H,5-6,8H2,1-4H3. The molecule has 0 unspecified atom stereocenters. The van der Waals surface area contributed by atoms with Crippen LogP contribution in [0.1, 0.15) is 45.0 Å². The number of hydrogen-bond donors (Lipinski definition) is 0. The van der Waals surface area contributed by atoms with Crippen molar-refractivity contribution in [2.24, 2.45) is 0 Å². The summed E-state index contributed by atoms with van der Waals surface area (Å²) in [5.74, 6) is 0.491. The molecular formula is C14H21N3O. The summed E-state index contributed by atoms with van der Waals surface area (Å²) in [5, 5.41) is 4.71. The minimum Gasteiger partial charge on any atom is -0.474 e. The monoisotopic (exact) mass is 247 g/mol. The van der Waals surface area contributed by atoms with E-state index in [2.05, 4.69) is 43.3 Å². The Labute approximate surface area is 108 Å². The predicted molar refractivity (Wildman–Crippen MR) is 70.0 cm³/mol. The third-order valence-corrected chi connectivity index (χ3v) is 3.86. The topological polar surface area (TPSA) is 30.3 Å². The Bertz CT molecular complexity index is 499. The van der Waals surface area contributed by atoms with E-state index in [1.54, 1.807) is 0 Å². The molecule has 1 aromatic heterocycles. The summed E-state index contributed by atoms with van der Waals surface area (Å²) in [5.41, 5.74) is 3.56. The Morgan fingerprint density at radius 2 is 2.17 bits per heavy atom. The van der Waals surface area contributed by atoms with Crippen LogP contribution in [0.4, 0.5) is 0 Å². The molecule has 3 heterocycles. The van der Waals surface area contributed by atoms with Gasteiger partial charge in [0, 0.05) is 18.7 Å². The maximum atomic E-state index is 5.73. The molecule has 0 aromatic carbocycles. The maximum Gasteiger partial charge on any atom is 0.176 e. The van der Waals surface area contributed by atoms with E-state index in [9.17, 15) is 0 Å². The van der Waals surface area contributed by atoms with Crippen LogP contribution in [0, 0.1) is 0 Å². The van der Waals surface area contributed by atoms with Gasteiger partial charge in [-0.05, 0) is 25.8 Å². The van der Waals surface area contributed by atoms with Gasteiger partial charge in [0.15, 0.2) is 5.72 Å². The van der Waals surface area contributed by atoms with Gasteiger partial charge >= 0.3 is 0 Å². The molecular weight excluding hydrogens is 226 g/mol. The lowest BCUT2D eigenvalue weighted by Crippen LogP contribution is -2.41. The number of rotatable bonds is 1. The highest BCUT2D eigenvalue weighted by molar-refractivity contribution is 5.19. The largest absolute Gasteiger partial charge is 0.474 e. The summed E-state index contributed by atoms with van der Waals surface area (Å²) in [6.07, 6.45) is 2.93. The lowest BCUT2D eigenvalue weighted by molar-refractivity contribution is -0.0332. The fourth-order valence-electron chi connectivity index (χ4n) is 2.70. The highest BCUT2D eigenvalue weighted by Gasteiger charge is 2.36. The van der Waals surface area contributed by atoms with Crippen LogP contribution in [0.25, 0.3) is 0 Å². The Kier molecular flexibility index (Phi) is 2.44. The van der Waals surface area contributed by atoms with E-state index in [1.807, 2.05) is 6.26 Å². The second-order valence-corrected chi connectivity index (χ2v) is 5.95. The van der Waals surface area contributed by atoms with Crippen LogP contribution < -0.4 is 0 Å². The van der Waals surface area contributed by atoms with Gasteiger partial charge < -0.3 is 9.64 Å². The molecule has 1 aromatic rings. The van der Waals surface area contributed by atoms with Crippen LogP contribution in [-0.4, -0.2) is 27.0 Å². The number of fused-ring (bicyclic) bond motifs is 2. The summed E-state index contributed by atoms with van der Waals surface area (Å²) in [6, 6.07) is 2.25. The average Bonchev–Trinajstić information content (AvgIpc) is 2.75. The van der Waals surface area contributed by atoms with E-state index >= 15 is 0 Å². The summed E-state index contributed by atoms with van der Waals surface area (Å²) in [4.78, 5) is 2.34. The summed E-state index contributed by atoms with van der Waals surface area (Å²) < 4.78 is 7.87. The van der Waals surface area contributed by atoms with Crippen molar-refractivity contribution in [3.05, 3.63) is 29.4 Å². The molecule has 4 nitrogen and oxygen atoms in total. The van der Waals surface area contributed by atoms with Crippen LogP contribution >= 0.6 is 0 Å². The van der Waals surface area contributed by atoms with Gasteiger partial charge in [-0.25, -0.2) is 0 Å². The first kappa shape index (κ1) is 11.6. The summed E-state index contributed by atoms with van der Waals surface area (Å²) in [7, 11) is 0. The van der Waals surface area contributed by atoms with E-state index in [0.717, 1.165) is 19.5 Å². The molecule has 4 heteroatoms. The SMILES string of the molecule is CC(C)c1cc2n(n1)CC1=COC(C)(C)N1CC2. The summed E-state index contributed by atoms with van der Waals surface area (Å²) >= 11 is 0. The van der Waals surface area contributed by atoms with Gasteiger partial charge in [0.05, 0.1) is 17.9 Å². The average molecular weight is 247 g/mol. The number of nitrogens with zero attached hydrogens (tertiary/aromatic N) is 3. The van der Waals surface area contributed by atoms with E-state index in [0.29, 0.717) is 5.92 Å². The van der Waals surface area contributed by atoms with Crippen molar-refractivity contribution in [3.63, 3.8) is 0 Å². The van der Waals surface area contributed by atoms with Crippen LogP contribution in [0.15, 0.2) is 18.0 Å². The van der Waals surface area contributed by atoms with E-state index < -0.39 is 0 Å². The lowest BCUT2D eigenvalue weighted by Gasteiger charge is -2.32. The molecule has 0 spiro atoms. The fraction of sp³-hybridized carbons (Fsp3) is 0.643. The molecule has 2 aliphatic rings. The predicted octanol–water partition coefficient (Wildman–Crippen LogP) is 2.47. The zero-order valence-electron chi connectivity index (χ0n) is 11.6. The van der Waals surface area contributed by atoms with Crippen LogP contribution in [-0.2, 0) is 17.7 Å². The second-order valence-electron chi connectivity index (χ2n) is 5.95. The van der Waals surface area contributed by atoms with Gasteiger partial charge in [-0.1, -0.05) is 13.8 Å². The fourth-order valence-corrected chi connectivity index (χ4v) is 2.70. The van der Waals surface area contributed by atoms with Crippen molar-refractivity contribution in [1.82, 2.24) is 14.7 Å². The Balaban J connectivity index is 1.91. The first-order valence-corrected chi connectivity index (χ1v) is 6.68. The highest BCUT2D eigenvalue weighted by atomic mass is 16.5. The molecule has 0 radical (unpaired) electrons. The molecule has 0 amide bonds. The molecule has 2 aliphatic heterocycles. The third-order valence-electron chi connectivity index (χ3n) is 3.86. The maximum absolute atomic E-state index is 5.73. The third kappa shape index (κ3) is 1.71. The minimum atomic E-state index is -0.208. The zero-order valence-corrected chi connectivity index (χ0v) is 11.6. The van der Waals surface area contributed by atoms with Gasteiger partial charge in [0.2, 0.25) is 0 Å². The first-order chi connectivity index (χ1) is 8.47. The second kappa shape index (κ2) is 3.77. The molecule has 98 valence electrons. The van der Waals surface area contributed by atoms with Crippen molar-refractivity contribution in [2.75, 3.05) is 6.54 Å². The van der Waals surface area contributed by atoms with Gasteiger partial charge in [0.1, 0.15) is 6.26 Å². The van der Waals surface area contributed by atoms with Crippen molar-refractivity contribution >= 4 is 0 Å². The normalized spacial score (nSPS) is 21.2. The number of aromatic nitrogens is 2. The van der Waals surface area contributed by atoms with Crippen molar-refractivity contribution in [2.45, 2.75) is 52.3 Å². The van der Waals surface area contributed by atoms with Gasteiger partial charge in [-0.2, -0.15) is 5.10 Å². The van der Waals surface area contributed by atoms with Crippen LogP contribution in [0.2, 0.25) is 0 Å². The van der Waals surface area contributed by atoms with Crippen LogP contribution in [0.5, 0.6) is 0 Å². The molecule has 0 saturated heterocycles. The van der Waals surface area contributed by atoms with Crippen molar-refractivity contribution < 1.29 is 4.74 Å². The number of ether oxygens (including phenoxy) is 1. The Hall–Kier alpha value is -1.45. The molecule has 0 atom stereocenters. The van der Waals surface area contributed by atoms with E-state index in [-0.39, 0.29) is 5.72 Å². The molecule has 0 aliphatic carbocycles. The first-order valence-electron chi connectivity index (χ1n) is 6.68. The summed E-state index contributed by atoms with van der Waals surface area (Å²) in [6.45, 7) is 10.4. The van der Waals surface area contributed by atoms with E-state index in [4.69, 9.17) is 9.84 Å². The Morgan fingerprint density at radius 3 is 2.89 bits per heavy atom. The Morgan fingerprint density at radius 1 is 1.39 bits per heavy atom. The minimum absolute atomic E-state index is 0.208. The highest BCUT2D eigenvalue weighted by Crippen LogP contribution is 2.32. The van der Waals surface area contributed by atoms with Crippen LogP contribution in [0.3, 0.4) is 0 Å². The number of allylic oxidation sites excluding steroid dienone is 1. The molecule has 0 bridgehead atoms. The molecule has 18 heavy (non-hydrogen) atoms. The van der Waals surface area contributed by atoms with Crippen molar-refractivity contribution in [1.29, 1.82) is 0 Å². The zero-order chi connectivity index (χ0) is 12.9. The lowest BCUT2D eigenvalue weighted by atomic mass is 10.1. The molecule has 3 rings (SSSR count). The molecule has 0 fully saturated rings. The van der Waals surface area contributed by atoms with Crippen molar-refractivity contribution in [3.8, 4) is 0 Å².